The summed E-state index contributed by atoms with van der Waals surface area (Å²) in [5.41, 5.74) is -0.936. The van der Waals surface area contributed by atoms with Crippen LogP contribution in [0.3, 0.4) is 0 Å². The molecule has 7 heteroatoms. The number of quaternary nitrogens is 1. The molecule has 0 aliphatic carbocycles. The Balaban J connectivity index is 2.11. The number of amides is 2. The van der Waals surface area contributed by atoms with E-state index in [1.807, 2.05) is 0 Å². The van der Waals surface area contributed by atoms with E-state index in [1.54, 1.807) is 44.3 Å². The number of hydrogen-bond donors (Lipinski definition) is 1. The average Bonchev–Trinajstić information content (AvgIpc) is 3.03. The van der Waals surface area contributed by atoms with Crippen LogP contribution in [0.4, 0.5) is 4.39 Å². The molecule has 25 heavy (non-hydrogen) atoms. The highest BCUT2D eigenvalue weighted by atomic mass is 19.1. The third kappa shape index (κ3) is 2.45. The van der Waals surface area contributed by atoms with Crippen molar-refractivity contribution in [3.63, 3.8) is 0 Å². The van der Waals surface area contributed by atoms with Gasteiger partial charge in [0.15, 0.2) is 0 Å². The smallest absolute Gasteiger partial charge is 0.368 e. The number of rotatable bonds is 4. The van der Waals surface area contributed by atoms with E-state index in [-0.39, 0.29) is 25.0 Å². The number of benzene rings is 1. The number of nitrogens with zero attached hydrogens (tertiary/aromatic N) is 1. The van der Waals surface area contributed by atoms with Crippen LogP contribution in [0.1, 0.15) is 32.4 Å². The maximum absolute atomic E-state index is 14.4. The number of hydrogen-bond acceptors (Lipinski definition) is 4. The predicted molar refractivity (Wildman–Crippen MR) is 85.5 cm³/mol. The van der Waals surface area contributed by atoms with Gasteiger partial charge in [0.1, 0.15) is 23.7 Å². The number of halogens is 1. The molecule has 0 spiro atoms. The van der Waals surface area contributed by atoms with Crippen LogP contribution in [0, 0.1) is 17.7 Å². The second-order valence-corrected chi connectivity index (χ2v) is 6.64. The molecule has 2 fully saturated rings. The minimum absolute atomic E-state index is 0.170. The number of likely N-dealkylation sites (tertiary alicyclic amines) is 1. The highest BCUT2D eigenvalue weighted by molar-refractivity contribution is 6.08. The highest BCUT2D eigenvalue weighted by Crippen LogP contribution is 2.44. The summed E-state index contributed by atoms with van der Waals surface area (Å²) in [7, 11) is 0. The molecule has 134 valence electrons. The number of carbonyl (C=O) groups excluding carboxylic acids is 3. The van der Waals surface area contributed by atoms with Gasteiger partial charge in [-0.25, -0.2) is 9.18 Å². The highest BCUT2D eigenvalue weighted by Gasteiger charge is 2.70. The van der Waals surface area contributed by atoms with Gasteiger partial charge in [0.05, 0.1) is 6.61 Å². The normalized spacial score (nSPS) is 31.4. The summed E-state index contributed by atoms with van der Waals surface area (Å²) in [5, 5.41) is 1.63. The molecule has 0 unspecified atom stereocenters. The van der Waals surface area contributed by atoms with Crippen molar-refractivity contribution >= 4 is 17.8 Å². The summed E-state index contributed by atoms with van der Waals surface area (Å²) in [6.45, 7) is 5.40. The minimum Gasteiger partial charge on any atom is -0.461 e. The van der Waals surface area contributed by atoms with Crippen LogP contribution in [-0.2, 0) is 19.1 Å². The fourth-order valence-corrected chi connectivity index (χ4v) is 4.15. The first kappa shape index (κ1) is 17.5. The SMILES string of the molecule is CCOC(=O)[C@]1(C)[NH2+][C@H](c2ccccc2F)[C@H]2C(=O)N(CC)C(=O)[C@@H]21. The van der Waals surface area contributed by atoms with Crippen LogP contribution < -0.4 is 5.32 Å². The molecule has 2 amide bonds. The summed E-state index contributed by atoms with van der Waals surface area (Å²) in [4.78, 5) is 39.4. The lowest BCUT2D eigenvalue weighted by molar-refractivity contribution is -0.731. The van der Waals surface area contributed by atoms with Crippen molar-refractivity contribution in [3.8, 4) is 0 Å². The van der Waals surface area contributed by atoms with Crippen molar-refractivity contribution in [1.29, 1.82) is 0 Å². The Kier molecular flexibility index (Phi) is 4.36. The van der Waals surface area contributed by atoms with Crippen molar-refractivity contribution in [2.45, 2.75) is 32.4 Å². The quantitative estimate of drug-likeness (QED) is 0.630. The van der Waals surface area contributed by atoms with Crippen molar-refractivity contribution in [3.05, 3.63) is 35.6 Å². The standard InChI is InChI=1S/C18H21FN2O4/c1-4-21-15(22)12-13(16(21)23)18(3,17(24)25-5-2)20-14(12)10-8-6-7-9-11(10)19/h6-9,12-14,20H,4-5H2,1-3H3/p+1/t12-,13+,14+,18+/m0/s1. The average molecular weight is 349 g/mol. The number of nitrogens with two attached hydrogens (primary N) is 1. The van der Waals surface area contributed by atoms with Gasteiger partial charge in [-0.05, 0) is 19.9 Å². The molecular formula is C18H22FN2O4+. The molecule has 2 heterocycles. The van der Waals surface area contributed by atoms with Gasteiger partial charge in [0.2, 0.25) is 17.4 Å². The fourth-order valence-electron chi connectivity index (χ4n) is 4.15. The van der Waals surface area contributed by atoms with Gasteiger partial charge in [0, 0.05) is 19.0 Å². The molecule has 2 saturated heterocycles. The van der Waals surface area contributed by atoms with Crippen LogP contribution in [-0.4, -0.2) is 41.4 Å². The predicted octanol–water partition coefficient (Wildman–Crippen LogP) is 0.387. The lowest BCUT2D eigenvalue weighted by Gasteiger charge is -2.25. The van der Waals surface area contributed by atoms with Gasteiger partial charge in [-0.1, -0.05) is 18.2 Å². The van der Waals surface area contributed by atoms with Gasteiger partial charge >= 0.3 is 5.97 Å². The molecule has 0 radical (unpaired) electrons. The Labute approximate surface area is 145 Å². The summed E-state index contributed by atoms with van der Waals surface area (Å²) < 4.78 is 19.5. The monoisotopic (exact) mass is 349 g/mol. The number of ether oxygens (including phenoxy) is 1. The van der Waals surface area contributed by atoms with Crippen molar-refractivity contribution in [1.82, 2.24) is 4.90 Å². The van der Waals surface area contributed by atoms with E-state index in [0.717, 1.165) is 4.90 Å². The number of imide groups is 1. The second kappa shape index (κ2) is 6.22. The van der Waals surface area contributed by atoms with Gasteiger partial charge in [-0.15, -0.1) is 0 Å². The van der Waals surface area contributed by atoms with Crippen LogP contribution in [0.2, 0.25) is 0 Å². The van der Waals surface area contributed by atoms with E-state index >= 15 is 0 Å². The molecule has 4 atom stereocenters. The second-order valence-electron chi connectivity index (χ2n) is 6.64. The molecule has 1 aromatic carbocycles. The Morgan fingerprint density at radius 2 is 1.96 bits per heavy atom. The summed E-state index contributed by atoms with van der Waals surface area (Å²) in [6, 6.07) is 5.51. The molecule has 0 bridgehead atoms. The fraction of sp³-hybridized carbons (Fsp3) is 0.500. The zero-order chi connectivity index (χ0) is 18.4. The van der Waals surface area contributed by atoms with Gasteiger partial charge in [0.25, 0.3) is 0 Å². The van der Waals surface area contributed by atoms with Crippen LogP contribution >= 0.6 is 0 Å². The topological polar surface area (TPSA) is 80.3 Å². The first-order valence-electron chi connectivity index (χ1n) is 8.49. The Bertz CT molecular complexity index is 738. The zero-order valence-electron chi connectivity index (χ0n) is 14.5. The van der Waals surface area contributed by atoms with Crippen molar-refractivity contribution in [2.75, 3.05) is 13.2 Å². The Morgan fingerprint density at radius 3 is 2.56 bits per heavy atom. The molecule has 0 aromatic heterocycles. The van der Waals surface area contributed by atoms with E-state index in [4.69, 9.17) is 4.74 Å². The lowest BCUT2D eigenvalue weighted by atomic mass is 9.80. The molecule has 2 N–H and O–H groups in total. The molecular weight excluding hydrogens is 327 g/mol. The molecule has 6 nitrogen and oxygen atoms in total. The molecule has 2 aliphatic heterocycles. The summed E-state index contributed by atoms with van der Waals surface area (Å²) in [5.74, 6) is -3.38. The van der Waals surface area contributed by atoms with Gasteiger partial charge in [-0.3, -0.25) is 14.5 Å². The maximum atomic E-state index is 14.4. The maximum Gasteiger partial charge on any atom is 0.368 e. The Morgan fingerprint density at radius 1 is 1.28 bits per heavy atom. The molecule has 0 saturated carbocycles. The van der Waals surface area contributed by atoms with Crippen LogP contribution in [0.25, 0.3) is 0 Å². The van der Waals surface area contributed by atoms with Crippen molar-refractivity contribution < 1.29 is 28.8 Å². The summed E-state index contributed by atoms with van der Waals surface area (Å²) in [6.07, 6.45) is 0. The number of esters is 1. The van der Waals surface area contributed by atoms with E-state index < -0.39 is 35.2 Å². The van der Waals surface area contributed by atoms with Gasteiger partial charge < -0.3 is 10.1 Å². The number of carbonyl (C=O) groups is 3. The molecule has 3 rings (SSSR count). The van der Waals surface area contributed by atoms with Gasteiger partial charge in [-0.2, -0.15) is 0 Å². The lowest BCUT2D eigenvalue weighted by Crippen LogP contribution is -2.97. The first-order valence-corrected chi connectivity index (χ1v) is 8.49. The first-order chi connectivity index (χ1) is 11.9. The summed E-state index contributed by atoms with van der Waals surface area (Å²) >= 11 is 0. The third-order valence-corrected chi connectivity index (χ3v) is 5.30. The minimum atomic E-state index is -1.26. The van der Waals surface area contributed by atoms with Crippen molar-refractivity contribution in [2.24, 2.45) is 11.8 Å². The molecule has 2 aliphatic rings. The van der Waals surface area contributed by atoms with E-state index in [2.05, 4.69) is 0 Å². The van der Waals surface area contributed by atoms with E-state index in [9.17, 15) is 18.8 Å². The van der Waals surface area contributed by atoms with Crippen LogP contribution in [0.15, 0.2) is 24.3 Å². The third-order valence-electron chi connectivity index (χ3n) is 5.30. The van der Waals surface area contributed by atoms with E-state index in [0.29, 0.717) is 5.56 Å². The Hall–Kier alpha value is -2.28. The number of fused-ring (bicyclic) bond motifs is 1. The van der Waals surface area contributed by atoms with Crippen LogP contribution in [0.5, 0.6) is 0 Å². The molecule has 1 aromatic rings. The zero-order valence-corrected chi connectivity index (χ0v) is 14.5. The van der Waals surface area contributed by atoms with E-state index in [1.165, 1.54) is 6.07 Å². The largest absolute Gasteiger partial charge is 0.461 e.